The van der Waals surface area contributed by atoms with Gasteiger partial charge in [-0.2, -0.15) is 0 Å². The average molecular weight is 637 g/mol. The van der Waals surface area contributed by atoms with Crippen molar-refractivity contribution in [3.8, 4) is 23.0 Å². The molecular weight excluding hydrogens is 592 g/mol. The van der Waals surface area contributed by atoms with Crippen molar-refractivity contribution in [2.45, 2.75) is 58.4 Å². The van der Waals surface area contributed by atoms with E-state index in [2.05, 4.69) is 0 Å². The van der Waals surface area contributed by atoms with Crippen LogP contribution in [0.4, 0.5) is 0 Å². The van der Waals surface area contributed by atoms with Gasteiger partial charge in [0.1, 0.15) is 0 Å². The molecule has 0 bridgehead atoms. The van der Waals surface area contributed by atoms with Crippen molar-refractivity contribution in [3.63, 3.8) is 0 Å². The van der Waals surface area contributed by atoms with E-state index in [0.29, 0.717) is 54.6 Å². The van der Waals surface area contributed by atoms with Gasteiger partial charge in [-0.1, -0.05) is 0 Å². The van der Waals surface area contributed by atoms with E-state index in [1.807, 2.05) is 29.2 Å². The number of rotatable bonds is 9. The second kappa shape index (κ2) is 13.2. The molecule has 11 nitrogen and oxygen atoms in total. The zero-order valence-electron chi connectivity index (χ0n) is 27.8. The van der Waals surface area contributed by atoms with Crippen LogP contribution in [0.3, 0.4) is 0 Å². The summed E-state index contributed by atoms with van der Waals surface area (Å²) < 4.78 is 33.9. The molecule has 5 rings (SSSR count). The third-order valence-electron chi connectivity index (χ3n) is 9.82. The summed E-state index contributed by atoms with van der Waals surface area (Å²) in [4.78, 5) is 48.5. The van der Waals surface area contributed by atoms with E-state index in [9.17, 15) is 14.4 Å². The standard InChI is InChI=1S/C35H44N2O9/c1-8-45-32(39)34(33(40)46-9-2)12-13-35(25-19-30(44-7)28(42-5)17-23(25)11-15-37(35)21(3)38)26(20-34)31-24-18-29(43-6)27(41-4)16-22(24)10-14-36-31/h16-19,26H,8-15,20H2,1-7H3. The molecule has 0 aromatic heterocycles. The first-order valence-corrected chi connectivity index (χ1v) is 15.8. The Hall–Kier alpha value is -4.28. The molecule has 2 aromatic rings. The van der Waals surface area contributed by atoms with E-state index >= 15 is 0 Å². The van der Waals surface area contributed by atoms with Gasteiger partial charge in [0.2, 0.25) is 5.91 Å². The zero-order chi connectivity index (χ0) is 33.2. The number of esters is 2. The molecule has 11 heteroatoms. The van der Waals surface area contributed by atoms with Crippen molar-refractivity contribution in [1.82, 2.24) is 4.90 Å². The van der Waals surface area contributed by atoms with Crippen molar-refractivity contribution < 1.29 is 42.8 Å². The van der Waals surface area contributed by atoms with Gasteiger partial charge in [-0.15, -0.1) is 0 Å². The number of hydrogen-bond donors (Lipinski definition) is 0. The number of nitrogens with zero attached hydrogens (tertiary/aromatic N) is 2. The molecule has 0 N–H and O–H groups in total. The van der Waals surface area contributed by atoms with Crippen LogP contribution in [0.15, 0.2) is 29.3 Å². The molecule has 3 aliphatic rings. The second-order valence-corrected chi connectivity index (χ2v) is 11.9. The highest BCUT2D eigenvalue weighted by Gasteiger charge is 2.63. The fraction of sp³-hybridized carbons (Fsp3) is 0.543. The minimum absolute atomic E-state index is 0.0227. The summed E-state index contributed by atoms with van der Waals surface area (Å²) in [5, 5.41) is 0. The van der Waals surface area contributed by atoms with Crippen molar-refractivity contribution in [2.75, 3.05) is 54.7 Å². The predicted molar refractivity (Wildman–Crippen MR) is 170 cm³/mol. The molecule has 1 fully saturated rings. The molecule has 1 spiro atoms. The van der Waals surface area contributed by atoms with Crippen LogP contribution in [0.25, 0.3) is 0 Å². The first-order chi connectivity index (χ1) is 22.1. The lowest BCUT2D eigenvalue weighted by Gasteiger charge is -2.57. The second-order valence-electron chi connectivity index (χ2n) is 11.9. The molecule has 1 amide bonds. The minimum atomic E-state index is -1.60. The molecule has 2 heterocycles. The molecule has 2 unspecified atom stereocenters. The fourth-order valence-corrected chi connectivity index (χ4v) is 7.75. The maximum absolute atomic E-state index is 13.9. The molecular formula is C35H44N2O9. The SMILES string of the molecule is CCOC(=O)C1(C(=O)OCC)CCC2(c3cc(OC)c(OC)cc3CCN2C(C)=O)C(C2=NCCc3cc(OC)c(OC)cc32)C1. The number of benzene rings is 2. The number of aliphatic imine (C=N–C) groups is 1. The Bertz CT molecular complexity index is 1530. The maximum atomic E-state index is 13.9. The summed E-state index contributed by atoms with van der Waals surface area (Å²) in [5.74, 6) is 0.242. The number of ether oxygens (including phenoxy) is 6. The fourth-order valence-electron chi connectivity index (χ4n) is 7.75. The van der Waals surface area contributed by atoms with Crippen LogP contribution >= 0.6 is 0 Å². The molecule has 0 radical (unpaired) electrons. The number of carbonyl (C=O) groups is 3. The minimum Gasteiger partial charge on any atom is -0.493 e. The highest BCUT2D eigenvalue weighted by molar-refractivity contribution is 6.08. The molecule has 2 aliphatic heterocycles. The maximum Gasteiger partial charge on any atom is 0.323 e. The van der Waals surface area contributed by atoms with E-state index in [-0.39, 0.29) is 38.4 Å². The average Bonchev–Trinajstić information content (AvgIpc) is 3.07. The lowest BCUT2D eigenvalue weighted by atomic mass is 9.55. The van der Waals surface area contributed by atoms with Gasteiger partial charge in [0.25, 0.3) is 0 Å². The highest BCUT2D eigenvalue weighted by atomic mass is 16.6. The highest BCUT2D eigenvalue weighted by Crippen LogP contribution is 2.58. The summed E-state index contributed by atoms with van der Waals surface area (Å²) in [7, 11) is 6.34. The first kappa shape index (κ1) is 33.1. The topological polar surface area (TPSA) is 122 Å². The summed E-state index contributed by atoms with van der Waals surface area (Å²) in [5.41, 5.74) is 1.81. The van der Waals surface area contributed by atoms with E-state index < -0.39 is 28.8 Å². The van der Waals surface area contributed by atoms with Gasteiger partial charge in [-0.3, -0.25) is 19.4 Å². The van der Waals surface area contributed by atoms with Crippen LogP contribution in [0, 0.1) is 11.3 Å². The van der Waals surface area contributed by atoms with E-state index in [0.717, 1.165) is 22.3 Å². The zero-order valence-corrected chi connectivity index (χ0v) is 27.8. The van der Waals surface area contributed by atoms with Crippen molar-refractivity contribution in [1.29, 1.82) is 0 Å². The number of methoxy groups -OCH3 is 4. The van der Waals surface area contributed by atoms with Crippen LogP contribution in [0.2, 0.25) is 0 Å². The van der Waals surface area contributed by atoms with Crippen molar-refractivity contribution in [2.24, 2.45) is 16.3 Å². The van der Waals surface area contributed by atoms with E-state index in [4.69, 9.17) is 33.4 Å². The number of carbonyl (C=O) groups excluding carboxylic acids is 3. The Morgan fingerprint density at radius 1 is 0.804 bits per heavy atom. The van der Waals surface area contributed by atoms with Crippen LogP contribution in [-0.2, 0) is 42.2 Å². The molecule has 2 atom stereocenters. The van der Waals surface area contributed by atoms with Crippen LogP contribution in [0.5, 0.6) is 23.0 Å². The Labute approximate surface area is 270 Å². The van der Waals surface area contributed by atoms with Gasteiger partial charge in [0, 0.05) is 37.2 Å². The van der Waals surface area contributed by atoms with Gasteiger partial charge in [0.15, 0.2) is 28.4 Å². The molecule has 248 valence electrons. The summed E-state index contributed by atoms with van der Waals surface area (Å²) in [6.07, 6.45) is 1.68. The van der Waals surface area contributed by atoms with Crippen LogP contribution < -0.4 is 18.9 Å². The third kappa shape index (κ3) is 5.23. The Balaban J connectivity index is 1.83. The Kier molecular flexibility index (Phi) is 9.51. The molecule has 2 aromatic carbocycles. The smallest absolute Gasteiger partial charge is 0.323 e. The lowest BCUT2D eigenvalue weighted by molar-refractivity contribution is -0.179. The predicted octanol–water partition coefficient (Wildman–Crippen LogP) is 4.28. The van der Waals surface area contributed by atoms with Crippen molar-refractivity contribution >= 4 is 23.6 Å². The van der Waals surface area contributed by atoms with Gasteiger partial charge < -0.3 is 33.3 Å². The number of hydrogen-bond acceptors (Lipinski definition) is 10. The molecule has 46 heavy (non-hydrogen) atoms. The number of fused-ring (bicyclic) bond motifs is 3. The van der Waals surface area contributed by atoms with Crippen LogP contribution in [0.1, 0.15) is 62.3 Å². The quantitative estimate of drug-likeness (QED) is 0.293. The Morgan fingerprint density at radius 3 is 1.93 bits per heavy atom. The lowest BCUT2D eigenvalue weighted by Crippen LogP contribution is -2.64. The van der Waals surface area contributed by atoms with Gasteiger partial charge >= 0.3 is 11.9 Å². The monoisotopic (exact) mass is 636 g/mol. The van der Waals surface area contributed by atoms with Gasteiger partial charge in [0.05, 0.1) is 47.2 Å². The van der Waals surface area contributed by atoms with E-state index in [1.165, 1.54) is 0 Å². The largest absolute Gasteiger partial charge is 0.493 e. The van der Waals surface area contributed by atoms with E-state index in [1.54, 1.807) is 49.2 Å². The first-order valence-electron chi connectivity index (χ1n) is 15.8. The molecule has 0 saturated heterocycles. The third-order valence-corrected chi connectivity index (χ3v) is 9.82. The molecule has 1 saturated carbocycles. The number of amides is 1. The normalized spacial score (nSPS) is 21.3. The van der Waals surface area contributed by atoms with Gasteiger partial charge in [-0.25, -0.2) is 0 Å². The van der Waals surface area contributed by atoms with Crippen LogP contribution in [-0.4, -0.2) is 83.2 Å². The summed E-state index contributed by atoms with van der Waals surface area (Å²) in [6.45, 7) is 6.13. The summed E-state index contributed by atoms with van der Waals surface area (Å²) in [6, 6.07) is 7.76. The Morgan fingerprint density at radius 2 is 1.37 bits per heavy atom. The van der Waals surface area contributed by atoms with Crippen molar-refractivity contribution in [3.05, 3.63) is 46.5 Å². The molecule has 1 aliphatic carbocycles. The summed E-state index contributed by atoms with van der Waals surface area (Å²) >= 11 is 0. The van der Waals surface area contributed by atoms with Gasteiger partial charge in [-0.05, 0) is 86.9 Å².